The number of amides is 3. The van der Waals surface area contributed by atoms with E-state index in [2.05, 4.69) is 10.2 Å². The van der Waals surface area contributed by atoms with E-state index >= 15 is 0 Å². The molecule has 0 saturated carbocycles. The van der Waals surface area contributed by atoms with E-state index < -0.39 is 0 Å². The highest BCUT2D eigenvalue weighted by Crippen LogP contribution is 2.34. The lowest BCUT2D eigenvalue weighted by atomic mass is 9.94. The number of imide groups is 1. The van der Waals surface area contributed by atoms with Crippen molar-refractivity contribution in [3.63, 3.8) is 0 Å². The quantitative estimate of drug-likeness (QED) is 0.455. The van der Waals surface area contributed by atoms with E-state index in [9.17, 15) is 18.8 Å². The number of fused-ring (bicyclic) bond motifs is 1. The fourth-order valence-electron chi connectivity index (χ4n) is 5.29. The lowest BCUT2D eigenvalue weighted by Gasteiger charge is -2.33. The Balaban J connectivity index is 1.22. The van der Waals surface area contributed by atoms with Crippen molar-refractivity contribution < 1.29 is 23.5 Å². The van der Waals surface area contributed by atoms with Gasteiger partial charge in [-0.2, -0.15) is 0 Å². The zero-order valence-corrected chi connectivity index (χ0v) is 21.3. The Kier molecular flexibility index (Phi) is 7.40. The number of hydrogen-bond acceptors (Lipinski definition) is 5. The first-order valence-electron chi connectivity index (χ1n) is 12.8. The van der Waals surface area contributed by atoms with Crippen LogP contribution in [0.4, 0.5) is 10.1 Å². The first-order chi connectivity index (χ1) is 18.5. The molecule has 5 rings (SSSR count). The van der Waals surface area contributed by atoms with Gasteiger partial charge in [0.25, 0.3) is 11.8 Å². The summed E-state index contributed by atoms with van der Waals surface area (Å²) in [7, 11) is 1.60. The van der Waals surface area contributed by atoms with Gasteiger partial charge in [0.1, 0.15) is 11.6 Å². The van der Waals surface area contributed by atoms with Gasteiger partial charge in [0, 0.05) is 32.1 Å². The highest BCUT2D eigenvalue weighted by atomic mass is 19.1. The number of nitrogens with zero attached hydrogens (tertiary/aromatic N) is 2. The molecule has 8 heteroatoms. The van der Waals surface area contributed by atoms with Gasteiger partial charge >= 0.3 is 0 Å². The number of carbonyl (C=O) groups excluding carboxylic acids is 3. The number of ether oxygens (including phenoxy) is 1. The average molecular weight is 516 g/mol. The third-order valence-corrected chi connectivity index (χ3v) is 7.34. The van der Waals surface area contributed by atoms with Gasteiger partial charge < -0.3 is 15.0 Å². The molecular weight excluding hydrogens is 485 g/mol. The molecule has 3 amide bonds. The summed E-state index contributed by atoms with van der Waals surface area (Å²) in [5.41, 5.74) is 3.24. The number of anilines is 1. The number of para-hydroxylation sites is 1. The van der Waals surface area contributed by atoms with E-state index in [-0.39, 0.29) is 42.5 Å². The monoisotopic (exact) mass is 515 g/mol. The van der Waals surface area contributed by atoms with Crippen molar-refractivity contribution in [3.05, 3.63) is 94.8 Å². The summed E-state index contributed by atoms with van der Waals surface area (Å²) in [6, 6.07) is 19.2. The minimum atomic E-state index is -0.327. The molecule has 196 valence electrons. The van der Waals surface area contributed by atoms with Crippen molar-refractivity contribution in [1.29, 1.82) is 0 Å². The Bertz CT molecular complexity index is 1370. The molecule has 2 aliphatic heterocycles. The Labute approximate surface area is 221 Å². The van der Waals surface area contributed by atoms with Gasteiger partial charge in [-0.05, 0) is 60.7 Å². The van der Waals surface area contributed by atoms with Gasteiger partial charge in [-0.15, -0.1) is 0 Å². The lowest BCUT2D eigenvalue weighted by Crippen LogP contribution is -2.41. The van der Waals surface area contributed by atoms with Gasteiger partial charge in [0.15, 0.2) is 0 Å². The predicted octanol–water partition coefficient (Wildman–Crippen LogP) is 4.21. The molecule has 7 nitrogen and oxygen atoms in total. The number of methoxy groups -OCH3 is 1. The number of benzene rings is 3. The van der Waals surface area contributed by atoms with Gasteiger partial charge in [0.05, 0.1) is 23.9 Å². The van der Waals surface area contributed by atoms with Gasteiger partial charge in [-0.1, -0.05) is 36.4 Å². The first kappa shape index (κ1) is 25.4. The maximum Gasteiger partial charge on any atom is 0.263 e. The minimum absolute atomic E-state index is 0.0547. The van der Waals surface area contributed by atoms with Crippen LogP contribution in [0, 0.1) is 11.7 Å². The van der Waals surface area contributed by atoms with Crippen LogP contribution < -0.4 is 15.0 Å². The van der Waals surface area contributed by atoms with Crippen molar-refractivity contribution in [3.8, 4) is 5.75 Å². The molecule has 1 saturated heterocycles. The third kappa shape index (κ3) is 5.11. The smallest absolute Gasteiger partial charge is 0.263 e. The van der Waals surface area contributed by atoms with Crippen molar-refractivity contribution in [2.75, 3.05) is 31.6 Å². The standard InChI is InChI=1S/C30H30FN3O4/c1-38-26-11-3-2-7-21(26)14-17-34-29(36)24-9-5-10-25(27(24)30(34)37)33-15-12-22(13-16-33)28(35)32-19-20-6-4-8-23(31)18-20/h2-11,18,22H,12-17,19H2,1H3,(H,32,35). The molecule has 0 aliphatic carbocycles. The Morgan fingerprint density at radius 1 is 1.00 bits per heavy atom. The summed E-state index contributed by atoms with van der Waals surface area (Å²) < 4.78 is 18.8. The molecule has 1 N–H and O–H groups in total. The number of rotatable bonds is 8. The van der Waals surface area contributed by atoms with E-state index in [1.54, 1.807) is 31.4 Å². The van der Waals surface area contributed by atoms with Crippen LogP contribution in [-0.2, 0) is 17.8 Å². The van der Waals surface area contributed by atoms with Crippen LogP contribution in [0.1, 0.15) is 44.7 Å². The maximum atomic E-state index is 13.4. The van der Waals surface area contributed by atoms with E-state index in [1.807, 2.05) is 30.3 Å². The van der Waals surface area contributed by atoms with Gasteiger partial charge in [-0.3, -0.25) is 19.3 Å². The molecule has 0 bridgehead atoms. The molecule has 1 fully saturated rings. The molecule has 2 heterocycles. The average Bonchev–Trinajstić information content (AvgIpc) is 3.19. The van der Waals surface area contributed by atoms with E-state index in [4.69, 9.17) is 4.74 Å². The molecular formula is C30H30FN3O4. The second-order valence-corrected chi connectivity index (χ2v) is 9.63. The zero-order chi connectivity index (χ0) is 26.6. The van der Waals surface area contributed by atoms with E-state index in [1.165, 1.54) is 17.0 Å². The van der Waals surface area contributed by atoms with Gasteiger partial charge in [-0.25, -0.2) is 4.39 Å². The summed E-state index contributed by atoms with van der Waals surface area (Å²) in [4.78, 5) is 42.7. The molecule has 0 radical (unpaired) electrons. The highest BCUT2D eigenvalue weighted by Gasteiger charge is 2.39. The van der Waals surface area contributed by atoms with Crippen LogP contribution >= 0.6 is 0 Å². The predicted molar refractivity (Wildman–Crippen MR) is 142 cm³/mol. The lowest BCUT2D eigenvalue weighted by molar-refractivity contribution is -0.125. The molecule has 3 aromatic rings. The third-order valence-electron chi connectivity index (χ3n) is 7.34. The Morgan fingerprint density at radius 2 is 1.76 bits per heavy atom. The fraction of sp³-hybridized carbons (Fsp3) is 0.300. The number of nitrogens with one attached hydrogen (secondary N) is 1. The first-order valence-corrected chi connectivity index (χ1v) is 12.8. The fourth-order valence-corrected chi connectivity index (χ4v) is 5.29. The molecule has 0 atom stereocenters. The molecule has 0 unspecified atom stereocenters. The normalized spacial score (nSPS) is 15.5. The van der Waals surface area contributed by atoms with Crippen LogP contribution in [-0.4, -0.2) is 49.4 Å². The van der Waals surface area contributed by atoms with Crippen molar-refractivity contribution in [2.45, 2.75) is 25.8 Å². The summed E-state index contributed by atoms with van der Waals surface area (Å²) >= 11 is 0. The second kappa shape index (κ2) is 11.0. The van der Waals surface area contributed by atoms with Crippen LogP contribution in [0.2, 0.25) is 0 Å². The van der Waals surface area contributed by atoms with Crippen molar-refractivity contribution in [2.24, 2.45) is 5.92 Å². The molecule has 38 heavy (non-hydrogen) atoms. The zero-order valence-electron chi connectivity index (χ0n) is 21.3. The summed E-state index contributed by atoms with van der Waals surface area (Å²) in [6.45, 7) is 1.73. The van der Waals surface area contributed by atoms with E-state index in [0.717, 1.165) is 17.0 Å². The molecule has 0 spiro atoms. The molecule has 0 aromatic heterocycles. The van der Waals surface area contributed by atoms with Crippen molar-refractivity contribution in [1.82, 2.24) is 10.2 Å². The van der Waals surface area contributed by atoms with Crippen LogP contribution in [0.15, 0.2) is 66.7 Å². The Hall–Kier alpha value is -4.20. The van der Waals surface area contributed by atoms with Crippen molar-refractivity contribution >= 4 is 23.4 Å². The van der Waals surface area contributed by atoms with E-state index in [0.29, 0.717) is 49.0 Å². The van der Waals surface area contributed by atoms with Crippen LogP contribution in [0.3, 0.4) is 0 Å². The number of hydrogen-bond donors (Lipinski definition) is 1. The second-order valence-electron chi connectivity index (χ2n) is 9.63. The molecule has 3 aromatic carbocycles. The molecule has 2 aliphatic rings. The SMILES string of the molecule is COc1ccccc1CCN1C(=O)c2cccc(N3CCC(C(=O)NCc4cccc(F)c4)CC3)c2C1=O. The maximum absolute atomic E-state index is 13.4. The summed E-state index contributed by atoms with van der Waals surface area (Å²) in [6.07, 6.45) is 1.75. The summed E-state index contributed by atoms with van der Waals surface area (Å²) in [5.74, 6) is -0.384. The number of piperidine rings is 1. The van der Waals surface area contributed by atoms with Crippen LogP contribution in [0.25, 0.3) is 0 Å². The largest absolute Gasteiger partial charge is 0.496 e. The topological polar surface area (TPSA) is 79.0 Å². The Morgan fingerprint density at radius 3 is 2.53 bits per heavy atom. The number of carbonyl (C=O) groups is 3. The van der Waals surface area contributed by atoms with Crippen LogP contribution in [0.5, 0.6) is 5.75 Å². The minimum Gasteiger partial charge on any atom is -0.496 e. The van der Waals surface area contributed by atoms with Gasteiger partial charge in [0.2, 0.25) is 5.91 Å². The highest BCUT2D eigenvalue weighted by molar-refractivity contribution is 6.23. The number of halogens is 1. The summed E-state index contributed by atoms with van der Waals surface area (Å²) in [5, 5.41) is 2.91.